The molecule has 5 heteroatoms. The van der Waals surface area contributed by atoms with Crippen molar-refractivity contribution in [2.45, 2.75) is 44.9 Å². The predicted molar refractivity (Wildman–Crippen MR) is 96.6 cm³/mol. The second-order valence-electron chi connectivity index (χ2n) is 7.56. The third-order valence-corrected chi connectivity index (χ3v) is 5.69. The normalized spacial score (nSPS) is 23.9. The monoisotopic (exact) mass is 339 g/mol. The van der Waals surface area contributed by atoms with Crippen LogP contribution in [0.25, 0.3) is 0 Å². The first kappa shape index (κ1) is 16.3. The van der Waals surface area contributed by atoms with Gasteiger partial charge in [-0.05, 0) is 43.2 Å². The lowest BCUT2D eigenvalue weighted by molar-refractivity contribution is -0.125. The summed E-state index contributed by atoms with van der Waals surface area (Å²) in [4.78, 5) is 12.9. The molecule has 1 aliphatic heterocycles. The summed E-state index contributed by atoms with van der Waals surface area (Å²) >= 11 is 0. The maximum Gasteiger partial charge on any atom is 0.231 e. The van der Waals surface area contributed by atoms with Gasteiger partial charge in [0, 0.05) is 30.9 Å². The molecule has 0 bridgehead atoms. The lowest BCUT2D eigenvalue weighted by Crippen LogP contribution is -2.38. The summed E-state index contributed by atoms with van der Waals surface area (Å²) in [6.45, 7) is 3.65. The van der Waals surface area contributed by atoms with Crippen LogP contribution in [0.1, 0.15) is 48.9 Å². The van der Waals surface area contributed by atoms with Crippen LogP contribution in [0.4, 0.5) is 5.82 Å². The van der Waals surface area contributed by atoms with E-state index < -0.39 is 0 Å². The third kappa shape index (κ3) is 3.33. The van der Waals surface area contributed by atoms with Gasteiger partial charge in [0.2, 0.25) is 5.91 Å². The average Bonchev–Trinajstić information content (AvgIpc) is 3.11. The summed E-state index contributed by atoms with van der Waals surface area (Å²) in [7, 11) is 0. The van der Waals surface area contributed by atoms with Gasteiger partial charge in [-0.2, -0.15) is 5.10 Å². The number of benzene rings is 1. The third-order valence-electron chi connectivity index (χ3n) is 5.69. The fraction of sp³-hybridized carbons (Fsp3) is 0.500. The molecule has 1 aromatic carbocycles. The number of rotatable bonds is 3. The molecule has 4 rings (SSSR count). The molecule has 1 aromatic heterocycles. The predicted octanol–water partition coefficient (Wildman–Crippen LogP) is 3.44. The Morgan fingerprint density at radius 3 is 2.84 bits per heavy atom. The van der Waals surface area contributed by atoms with Crippen LogP contribution in [-0.2, 0) is 22.4 Å². The van der Waals surface area contributed by atoms with Crippen molar-refractivity contribution in [3.63, 3.8) is 0 Å². The van der Waals surface area contributed by atoms with Crippen molar-refractivity contribution in [1.29, 1.82) is 0 Å². The van der Waals surface area contributed by atoms with Crippen molar-refractivity contribution in [1.82, 2.24) is 10.2 Å². The fourth-order valence-corrected chi connectivity index (χ4v) is 3.97. The molecule has 0 spiro atoms. The van der Waals surface area contributed by atoms with E-state index in [2.05, 4.69) is 46.7 Å². The number of ether oxygens (including phenoxy) is 1. The molecule has 1 unspecified atom stereocenters. The number of hydrogen-bond donors (Lipinski definition) is 2. The number of nitrogens with one attached hydrogen (secondary N) is 2. The Balaban J connectivity index is 1.44. The topological polar surface area (TPSA) is 67.0 Å². The average molecular weight is 339 g/mol. The summed E-state index contributed by atoms with van der Waals surface area (Å²) < 4.78 is 5.41. The lowest BCUT2D eigenvalue weighted by atomic mass is 9.72. The van der Waals surface area contributed by atoms with Gasteiger partial charge in [-0.1, -0.05) is 31.2 Å². The molecule has 132 valence electrons. The Morgan fingerprint density at radius 2 is 2.04 bits per heavy atom. The zero-order valence-electron chi connectivity index (χ0n) is 14.7. The van der Waals surface area contributed by atoms with E-state index >= 15 is 0 Å². The Kier molecular flexibility index (Phi) is 4.34. The molecule has 1 aliphatic carbocycles. The van der Waals surface area contributed by atoms with Crippen LogP contribution in [0, 0.1) is 5.41 Å². The number of aryl methyl sites for hydroxylation is 1. The van der Waals surface area contributed by atoms with Gasteiger partial charge < -0.3 is 10.1 Å². The van der Waals surface area contributed by atoms with Crippen molar-refractivity contribution in [2.24, 2.45) is 5.41 Å². The van der Waals surface area contributed by atoms with Crippen LogP contribution >= 0.6 is 0 Å². The minimum Gasteiger partial charge on any atom is -0.381 e. The van der Waals surface area contributed by atoms with E-state index in [1.54, 1.807) is 0 Å². The lowest BCUT2D eigenvalue weighted by Gasteiger charge is -2.33. The zero-order valence-corrected chi connectivity index (χ0v) is 14.7. The minimum absolute atomic E-state index is 0.0621. The summed E-state index contributed by atoms with van der Waals surface area (Å²) in [6, 6.07) is 10.4. The second-order valence-corrected chi connectivity index (χ2v) is 7.56. The first-order valence-electron chi connectivity index (χ1n) is 9.15. The second kappa shape index (κ2) is 6.64. The van der Waals surface area contributed by atoms with E-state index in [0.717, 1.165) is 51.0 Å². The molecular weight excluding hydrogens is 314 g/mol. The quantitative estimate of drug-likeness (QED) is 0.900. The van der Waals surface area contributed by atoms with E-state index in [0.29, 0.717) is 11.7 Å². The minimum atomic E-state index is -0.383. The van der Waals surface area contributed by atoms with Gasteiger partial charge in [0.05, 0.1) is 5.41 Å². The van der Waals surface area contributed by atoms with E-state index in [1.165, 1.54) is 11.1 Å². The van der Waals surface area contributed by atoms with Gasteiger partial charge in [-0.25, -0.2) is 0 Å². The molecule has 2 N–H and O–H groups in total. The summed E-state index contributed by atoms with van der Waals surface area (Å²) in [5, 5.41) is 10.4. The Bertz CT molecular complexity index is 764. The molecule has 1 fully saturated rings. The number of fused-ring (bicyclic) bond motifs is 1. The van der Waals surface area contributed by atoms with Gasteiger partial charge >= 0.3 is 0 Å². The van der Waals surface area contributed by atoms with Crippen molar-refractivity contribution in [2.75, 3.05) is 18.5 Å². The van der Waals surface area contributed by atoms with Crippen molar-refractivity contribution in [3.8, 4) is 0 Å². The van der Waals surface area contributed by atoms with Crippen molar-refractivity contribution in [3.05, 3.63) is 47.2 Å². The van der Waals surface area contributed by atoms with Crippen LogP contribution < -0.4 is 5.32 Å². The molecule has 1 amide bonds. The molecule has 1 saturated heterocycles. The largest absolute Gasteiger partial charge is 0.381 e. The number of amides is 1. The van der Waals surface area contributed by atoms with Crippen LogP contribution in [0.5, 0.6) is 0 Å². The number of carbonyl (C=O) groups excluding carboxylic acids is 1. The summed E-state index contributed by atoms with van der Waals surface area (Å²) in [5.41, 5.74) is 3.37. The Hall–Kier alpha value is -2.14. The highest BCUT2D eigenvalue weighted by molar-refractivity contribution is 5.94. The van der Waals surface area contributed by atoms with Crippen LogP contribution in [-0.4, -0.2) is 29.3 Å². The number of aromatic nitrogens is 2. The standard InChI is InChI=1S/C20H25N3O2/c1-20(9-6-14-4-2-3-5-16(14)13-20)19(24)21-18-12-17(22-23-18)15-7-10-25-11-8-15/h2-5,12,15H,6-11,13H2,1H3,(H2,21,22,23,24). The summed E-state index contributed by atoms with van der Waals surface area (Å²) in [6.07, 6.45) is 4.61. The fourth-order valence-electron chi connectivity index (χ4n) is 3.97. The first-order chi connectivity index (χ1) is 12.1. The van der Waals surface area contributed by atoms with Gasteiger partial charge in [0.15, 0.2) is 5.82 Å². The van der Waals surface area contributed by atoms with Crippen LogP contribution in [0.2, 0.25) is 0 Å². The van der Waals surface area contributed by atoms with Gasteiger partial charge in [-0.15, -0.1) is 0 Å². The number of hydrogen-bond acceptors (Lipinski definition) is 3. The Labute approximate surface area is 148 Å². The molecule has 5 nitrogen and oxygen atoms in total. The SMILES string of the molecule is CC1(C(=O)Nc2cc(C3CCOCC3)[nH]n2)CCc2ccccc2C1. The van der Waals surface area contributed by atoms with Crippen LogP contribution in [0.15, 0.2) is 30.3 Å². The van der Waals surface area contributed by atoms with E-state index in [4.69, 9.17) is 4.74 Å². The van der Waals surface area contributed by atoms with Crippen LogP contribution in [0.3, 0.4) is 0 Å². The Morgan fingerprint density at radius 1 is 1.28 bits per heavy atom. The molecule has 25 heavy (non-hydrogen) atoms. The highest BCUT2D eigenvalue weighted by Crippen LogP contribution is 2.36. The number of aromatic amines is 1. The van der Waals surface area contributed by atoms with Crippen molar-refractivity contribution >= 4 is 11.7 Å². The highest BCUT2D eigenvalue weighted by Gasteiger charge is 2.37. The molecule has 2 heterocycles. The van der Waals surface area contributed by atoms with Gasteiger partial charge in [-0.3, -0.25) is 9.89 Å². The number of nitrogens with zero attached hydrogens (tertiary/aromatic N) is 1. The van der Waals surface area contributed by atoms with Crippen molar-refractivity contribution < 1.29 is 9.53 Å². The smallest absolute Gasteiger partial charge is 0.231 e. The molecule has 0 saturated carbocycles. The maximum atomic E-state index is 12.9. The van der Waals surface area contributed by atoms with E-state index in [9.17, 15) is 4.79 Å². The highest BCUT2D eigenvalue weighted by atomic mass is 16.5. The van der Waals surface area contributed by atoms with Gasteiger partial charge in [0.25, 0.3) is 0 Å². The molecule has 2 aromatic rings. The number of carbonyl (C=O) groups is 1. The molecule has 0 radical (unpaired) electrons. The number of H-pyrrole nitrogens is 1. The molecule has 2 aliphatic rings. The summed E-state index contributed by atoms with van der Waals surface area (Å²) in [5.74, 6) is 1.14. The maximum absolute atomic E-state index is 12.9. The first-order valence-corrected chi connectivity index (χ1v) is 9.15. The molecular formula is C20H25N3O2. The van der Waals surface area contributed by atoms with E-state index in [1.807, 2.05) is 6.07 Å². The van der Waals surface area contributed by atoms with Gasteiger partial charge in [0.1, 0.15) is 0 Å². The van der Waals surface area contributed by atoms with E-state index in [-0.39, 0.29) is 11.3 Å². The molecule has 1 atom stereocenters. The number of anilines is 1. The zero-order chi connectivity index (χ0) is 17.3.